The summed E-state index contributed by atoms with van der Waals surface area (Å²) in [5.74, 6) is -2.80. The number of imide groups is 1. The SMILES string of the molecule is COc1ccc(C23C(=O)N(Nc4ccc(Cl)cc4Cl)C(=O)C2CC2C(=CCn4c(=O)n(-c5ccccc5)c(=O)n42)C3c2c(O)ccc3ccccc23)cc1. The maximum absolute atomic E-state index is 15.6. The Kier molecular flexibility index (Phi) is 7.84. The molecule has 2 amide bonds. The molecule has 0 spiro atoms. The number of methoxy groups -OCH3 is 1. The number of ether oxygens (including phenoxy) is 1. The average Bonchev–Trinajstić information content (AvgIpc) is 3.57. The van der Waals surface area contributed by atoms with Crippen molar-refractivity contribution in [3.63, 3.8) is 0 Å². The van der Waals surface area contributed by atoms with Crippen LogP contribution >= 0.6 is 23.2 Å². The fourth-order valence-electron chi connectivity index (χ4n) is 8.80. The number of hydrogen-bond acceptors (Lipinski definition) is 7. The number of amides is 2. The molecule has 4 unspecified atom stereocenters. The molecule has 54 heavy (non-hydrogen) atoms. The van der Waals surface area contributed by atoms with E-state index in [0.29, 0.717) is 38.5 Å². The number of para-hydroxylation sites is 1. The van der Waals surface area contributed by atoms with Gasteiger partial charge >= 0.3 is 11.4 Å². The highest BCUT2D eigenvalue weighted by Crippen LogP contribution is 2.63. The van der Waals surface area contributed by atoms with Gasteiger partial charge in [0.15, 0.2) is 0 Å². The molecule has 2 fully saturated rings. The maximum atomic E-state index is 15.6. The van der Waals surface area contributed by atoms with Gasteiger partial charge in [0.2, 0.25) is 0 Å². The van der Waals surface area contributed by atoms with E-state index in [-0.39, 0.29) is 29.4 Å². The van der Waals surface area contributed by atoms with E-state index in [4.69, 9.17) is 27.9 Å². The number of hydrazine groups is 1. The van der Waals surface area contributed by atoms with Crippen LogP contribution in [0.1, 0.15) is 29.5 Å². The molecule has 5 aromatic carbocycles. The van der Waals surface area contributed by atoms with Gasteiger partial charge in [-0.15, -0.1) is 0 Å². The number of halogens is 2. The van der Waals surface area contributed by atoms with Crippen LogP contribution in [0.4, 0.5) is 5.69 Å². The first kappa shape index (κ1) is 33.8. The van der Waals surface area contributed by atoms with Gasteiger partial charge in [-0.3, -0.25) is 15.0 Å². The number of carbonyl (C=O) groups excluding carboxylic acids is 2. The third-order valence-electron chi connectivity index (χ3n) is 11.1. The summed E-state index contributed by atoms with van der Waals surface area (Å²) in [7, 11) is 1.54. The van der Waals surface area contributed by atoms with E-state index >= 15 is 9.59 Å². The van der Waals surface area contributed by atoms with Gasteiger partial charge in [-0.05, 0) is 76.9 Å². The molecule has 1 saturated heterocycles. The molecule has 0 radical (unpaired) electrons. The Bertz CT molecular complexity index is 2690. The summed E-state index contributed by atoms with van der Waals surface area (Å²) in [4.78, 5) is 59.0. The van der Waals surface area contributed by atoms with Crippen LogP contribution in [0.2, 0.25) is 10.0 Å². The fraction of sp³-hybridized carbons (Fsp3) is 0.171. The van der Waals surface area contributed by atoms with Crippen molar-refractivity contribution >= 4 is 51.5 Å². The summed E-state index contributed by atoms with van der Waals surface area (Å²) in [6, 6.07) is 30.3. The molecule has 1 saturated carbocycles. The molecule has 2 N–H and O–H groups in total. The molecule has 1 aromatic heterocycles. The zero-order chi connectivity index (χ0) is 37.5. The smallest absolute Gasteiger partial charge is 0.352 e. The lowest BCUT2D eigenvalue weighted by atomic mass is 9.52. The monoisotopic (exact) mass is 759 g/mol. The van der Waals surface area contributed by atoms with Crippen LogP contribution in [0.3, 0.4) is 0 Å². The topological polar surface area (TPSA) is 128 Å². The predicted molar refractivity (Wildman–Crippen MR) is 204 cm³/mol. The fourth-order valence-corrected chi connectivity index (χ4v) is 9.26. The number of allylic oxidation sites excluding steroid dienone is 2. The van der Waals surface area contributed by atoms with Crippen molar-refractivity contribution in [2.75, 3.05) is 12.5 Å². The third kappa shape index (κ3) is 4.74. The Morgan fingerprint density at radius 1 is 0.852 bits per heavy atom. The Hall–Kier alpha value is -6.04. The van der Waals surface area contributed by atoms with E-state index in [1.54, 1.807) is 78.9 Å². The van der Waals surface area contributed by atoms with E-state index in [1.165, 1.54) is 22.5 Å². The van der Waals surface area contributed by atoms with Gasteiger partial charge < -0.3 is 9.84 Å². The maximum Gasteiger partial charge on any atom is 0.352 e. The number of aromatic nitrogens is 3. The molecule has 11 nitrogen and oxygen atoms in total. The van der Waals surface area contributed by atoms with Crippen LogP contribution < -0.4 is 21.5 Å². The summed E-state index contributed by atoms with van der Waals surface area (Å²) in [6.45, 7) is 0.00954. The van der Waals surface area contributed by atoms with Gasteiger partial charge in [-0.1, -0.05) is 89.9 Å². The summed E-state index contributed by atoms with van der Waals surface area (Å²) in [5.41, 5.74) is 2.43. The standard InChI is InChI=1S/C41H31Cl2N5O6/c1-54-27-15-12-24(13-16-27)41-30(37(50)47(38(41)51)44-32-17-14-25(42)21-31(32)43)22-33-29(36(41)35-28-10-6-5-7-23(28)11-18-34(35)49)19-20-45-39(52)46(40(53)48(33)45)26-8-3-2-4-9-26/h2-19,21,30,33,36,44,49H,20,22H2,1H3. The second-order valence-corrected chi connectivity index (χ2v) is 14.5. The quantitative estimate of drug-likeness (QED) is 0.145. The van der Waals surface area contributed by atoms with Crippen molar-refractivity contribution in [2.24, 2.45) is 5.92 Å². The van der Waals surface area contributed by atoms with E-state index in [9.17, 15) is 14.7 Å². The lowest BCUT2D eigenvalue weighted by Gasteiger charge is -2.49. The minimum atomic E-state index is -1.66. The first-order chi connectivity index (χ1) is 26.1. The molecule has 4 atom stereocenters. The van der Waals surface area contributed by atoms with Gasteiger partial charge in [0.05, 0.1) is 47.4 Å². The van der Waals surface area contributed by atoms with Gasteiger partial charge in [0.1, 0.15) is 11.5 Å². The normalized spacial score (nSPS) is 21.7. The lowest BCUT2D eigenvalue weighted by Crippen LogP contribution is -2.53. The summed E-state index contributed by atoms with van der Waals surface area (Å²) in [6.07, 6.45) is 1.84. The van der Waals surface area contributed by atoms with Crippen LogP contribution in [-0.4, -0.2) is 43.0 Å². The van der Waals surface area contributed by atoms with Crippen LogP contribution in [-0.2, 0) is 21.5 Å². The van der Waals surface area contributed by atoms with E-state index in [0.717, 1.165) is 15.0 Å². The molecule has 2 aliphatic heterocycles. The van der Waals surface area contributed by atoms with Crippen LogP contribution in [0.5, 0.6) is 11.5 Å². The molecule has 3 heterocycles. The number of phenols is 1. The van der Waals surface area contributed by atoms with E-state index < -0.39 is 46.5 Å². The number of carbonyl (C=O) groups is 2. The van der Waals surface area contributed by atoms with Crippen LogP contribution in [0, 0.1) is 5.92 Å². The number of aromatic hydroxyl groups is 1. The Labute approximate surface area is 317 Å². The van der Waals surface area contributed by atoms with Crippen molar-refractivity contribution in [3.8, 4) is 17.2 Å². The highest BCUT2D eigenvalue weighted by Gasteiger charge is 2.69. The zero-order valence-corrected chi connectivity index (χ0v) is 30.2. The Balaban J connectivity index is 1.34. The van der Waals surface area contributed by atoms with Crippen LogP contribution in [0.25, 0.3) is 16.5 Å². The second kappa shape index (κ2) is 12.5. The van der Waals surface area contributed by atoms with Crippen molar-refractivity contribution < 1.29 is 19.4 Å². The number of hydrogen-bond donors (Lipinski definition) is 2. The largest absolute Gasteiger partial charge is 0.508 e. The average molecular weight is 761 g/mol. The third-order valence-corrected chi connectivity index (χ3v) is 11.6. The molecule has 0 bridgehead atoms. The van der Waals surface area contributed by atoms with Crippen molar-refractivity contribution in [1.82, 2.24) is 18.9 Å². The summed E-state index contributed by atoms with van der Waals surface area (Å²) >= 11 is 12.8. The molecule has 1 aliphatic carbocycles. The van der Waals surface area contributed by atoms with E-state index in [2.05, 4.69) is 5.43 Å². The molecule has 9 rings (SSSR count). The number of benzene rings is 5. The lowest BCUT2D eigenvalue weighted by molar-refractivity contribution is -0.138. The Morgan fingerprint density at radius 2 is 1.59 bits per heavy atom. The van der Waals surface area contributed by atoms with Gasteiger partial charge in [0, 0.05) is 16.5 Å². The molecular weight excluding hydrogens is 729 g/mol. The number of rotatable bonds is 6. The highest BCUT2D eigenvalue weighted by molar-refractivity contribution is 6.36. The zero-order valence-electron chi connectivity index (χ0n) is 28.6. The first-order valence-corrected chi connectivity index (χ1v) is 18.1. The molecule has 13 heteroatoms. The minimum absolute atomic E-state index is 0.00954. The Morgan fingerprint density at radius 3 is 2.33 bits per heavy atom. The van der Waals surface area contributed by atoms with Gasteiger partial charge in [-0.2, -0.15) is 5.01 Å². The number of nitrogens with one attached hydrogen (secondary N) is 1. The van der Waals surface area contributed by atoms with Gasteiger partial charge in [-0.25, -0.2) is 23.5 Å². The second-order valence-electron chi connectivity index (χ2n) is 13.6. The predicted octanol–water partition coefficient (Wildman–Crippen LogP) is 6.59. The number of phenolic OH excluding ortho intramolecular Hbond substituents is 1. The molecule has 3 aliphatic rings. The molecular formula is C41H31Cl2N5O6. The van der Waals surface area contributed by atoms with Crippen molar-refractivity contribution in [2.45, 2.75) is 30.3 Å². The number of fused-ring (bicyclic) bond motifs is 5. The number of nitrogens with zero attached hydrogens (tertiary/aromatic N) is 4. The van der Waals surface area contributed by atoms with Gasteiger partial charge in [0.25, 0.3) is 11.8 Å². The summed E-state index contributed by atoms with van der Waals surface area (Å²) < 4.78 is 9.38. The summed E-state index contributed by atoms with van der Waals surface area (Å²) in [5, 5.41) is 15.0. The van der Waals surface area contributed by atoms with E-state index in [1.807, 2.05) is 30.3 Å². The highest BCUT2D eigenvalue weighted by atomic mass is 35.5. The van der Waals surface area contributed by atoms with Crippen LogP contribution in [0.15, 0.2) is 130 Å². The number of anilines is 1. The molecule has 6 aromatic rings. The van der Waals surface area contributed by atoms with Crippen molar-refractivity contribution in [1.29, 1.82) is 0 Å². The molecule has 270 valence electrons. The first-order valence-electron chi connectivity index (χ1n) is 17.3. The van der Waals surface area contributed by atoms with Crippen molar-refractivity contribution in [3.05, 3.63) is 163 Å². The minimum Gasteiger partial charge on any atom is -0.508 e.